The van der Waals surface area contributed by atoms with Crippen LogP contribution in [0.4, 0.5) is 5.69 Å². The van der Waals surface area contributed by atoms with Crippen LogP contribution in [0, 0.1) is 11.3 Å². The molecule has 0 aromatic heterocycles. The third-order valence-corrected chi connectivity index (χ3v) is 8.03. The van der Waals surface area contributed by atoms with Gasteiger partial charge in [-0.25, -0.2) is 4.90 Å². The quantitative estimate of drug-likeness (QED) is 0.705. The molecule has 1 aromatic carbocycles. The van der Waals surface area contributed by atoms with Crippen LogP contribution in [0.5, 0.6) is 0 Å². The normalized spacial score (nSPS) is 25.7. The lowest BCUT2D eigenvalue weighted by Crippen LogP contribution is -2.54. The number of rotatable bonds is 4. The van der Waals surface area contributed by atoms with Gasteiger partial charge < -0.3 is 5.73 Å². The fourth-order valence-corrected chi connectivity index (χ4v) is 5.83. The van der Waals surface area contributed by atoms with Crippen molar-refractivity contribution >= 4 is 46.6 Å². The predicted octanol–water partition coefficient (Wildman–Crippen LogP) is 3.77. The summed E-state index contributed by atoms with van der Waals surface area (Å²) in [5.41, 5.74) is 5.85. The number of hydrogen-bond donors (Lipinski definition) is 1. The van der Waals surface area contributed by atoms with E-state index >= 15 is 0 Å². The number of benzene rings is 1. The summed E-state index contributed by atoms with van der Waals surface area (Å²) in [4.78, 5) is 41.5. The second kappa shape index (κ2) is 8.48. The first-order valence-electron chi connectivity index (χ1n) is 10.7. The van der Waals surface area contributed by atoms with Crippen molar-refractivity contribution in [3.05, 3.63) is 28.2 Å². The smallest absolute Gasteiger partial charge is 0.251 e. The SMILES string of the molecule is NC(=O)C1(C2CCCCC2)CCN(C2CC(=O)N(c3ccc(Cl)c(Cl)c3)C2=O)CC1. The lowest BCUT2D eigenvalue weighted by molar-refractivity contribution is -0.137. The minimum atomic E-state index is -0.510. The first kappa shape index (κ1) is 21.6. The molecule has 8 heteroatoms. The number of carbonyl (C=O) groups excluding carboxylic acids is 3. The van der Waals surface area contributed by atoms with Crippen molar-refractivity contribution in [1.29, 1.82) is 0 Å². The average molecular weight is 452 g/mol. The number of halogens is 2. The Labute approximate surface area is 186 Å². The number of amides is 3. The van der Waals surface area contributed by atoms with Crippen molar-refractivity contribution in [2.24, 2.45) is 17.1 Å². The van der Waals surface area contributed by atoms with E-state index in [4.69, 9.17) is 28.9 Å². The van der Waals surface area contributed by atoms with Crippen LogP contribution in [0.3, 0.4) is 0 Å². The molecule has 1 atom stereocenters. The minimum Gasteiger partial charge on any atom is -0.369 e. The minimum absolute atomic E-state index is 0.131. The van der Waals surface area contributed by atoms with Crippen LogP contribution in [0.25, 0.3) is 0 Å². The van der Waals surface area contributed by atoms with E-state index in [1.165, 1.54) is 11.3 Å². The Balaban J connectivity index is 1.48. The molecule has 4 rings (SSSR count). The molecule has 3 aliphatic rings. The highest BCUT2D eigenvalue weighted by atomic mass is 35.5. The third kappa shape index (κ3) is 3.74. The standard InChI is InChI=1S/C22H27Cl2N3O3/c23-16-7-6-15(12-17(16)24)27-19(28)13-18(20(27)29)26-10-8-22(9-11-26,21(25)30)14-4-2-1-3-5-14/h6-7,12,14,18H,1-5,8-11,13H2,(H2,25,30). The van der Waals surface area contributed by atoms with E-state index in [2.05, 4.69) is 0 Å². The summed E-state index contributed by atoms with van der Waals surface area (Å²) in [6, 6.07) is 4.24. The molecule has 6 nitrogen and oxygen atoms in total. The van der Waals surface area contributed by atoms with Gasteiger partial charge in [0.1, 0.15) is 0 Å². The number of piperidine rings is 1. The van der Waals surface area contributed by atoms with Gasteiger partial charge in [0.05, 0.1) is 33.6 Å². The van der Waals surface area contributed by atoms with Gasteiger partial charge in [-0.3, -0.25) is 19.3 Å². The topological polar surface area (TPSA) is 83.7 Å². The molecule has 2 saturated heterocycles. The number of imide groups is 1. The molecular formula is C22H27Cl2N3O3. The van der Waals surface area contributed by atoms with Crippen LogP contribution in [0.1, 0.15) is 51.4 Å². The number of primary amides is 1. The summed E-state index contributed by atoms with van der Waals surface area (Å²) in [6.07, 6.45) is 7.06. The van der Waals surface area contributed by atoms with Gasteiger partial charge in [-0.2, -0.15) is 0 Å². The third-order valence-electron chi connectivity index (χ3n) is 7.29. The maximum Gasteiger partial charge on any atom is 0.251 e. The van der Waals surface area contributed by atoms with Crippen molar-refractivity contribution in [2.45, 2.75) is 57.4 Å². The van der Waals surface area contributed by atoms with Gasteiger partial charge in [0.25, 0.3) is 5.91 Å². The van der Waals surface area contributed by atoms with Crippen molar-refractivity contribution in [1.82, 2.24) is 4.90 Å². The van der Waals surface area contributed by atoms with Gasteiger partial charge in [-0.05, 0) is 62.9 Å². The van der Waals surface area contributed by atoms with Gasteiger partial charge in [-0.15, -0.1) is 0 Å². The second-order valence-electron chi connectivity index (χ2n) is 8.78. The van der Waals surface area contributed by atoms with Gasteiger partial charge in [-0.1, -0.05) is 42.5 Å². The Morgan fingerprint density at radius 1 is 1.03 bits per heavy atom. The maximum atomic E-state index is 13.1. The Hall–Kier alpha value is -1.63. The van der Waals surface area contributed by atoms with E-state index in [0.717, 1.165) is 25.7 Å². The second-order valence-corrected chi connectivity index (χ2v) is 9.59. The summed E-state index contributed by atoms with van der Waals surface area (Å²) >= 11 is 12.0. The molecule has 0 radical (unpaired) electrons. The molecule has 2 N–H and O–H groups in total. The molecule has 2 heterocycles. The van der Waals surface area contributed by atoms with E-state index in [9.17, 15) is 14.4 Å². The first-order chi connectivity index (χ1) is 14.3. The lowest BCUT2D eigenvalue weighted by Gasteiger charge is -2.46. The summed E-state index contributed by atoms with van der Waals surface area (Å²) in [7, 11) is 0. The summed E-state index contributed by atoms with van der Waals surface area (Å²) < 4.78 is 0. The first-order valence-corrected chi connectivity index (χ1v) is 11.4. The number of likely N-dealkylation sites (tertiary alicyclic amines) is 1. The van der Waals surface area contributed by atoms with Crippen LogP contribution >= 0.6 is 23.2 Å². The summed E-state index contributed by atoms with van der Waals surface area (Å²) in [5, 5.41) is 0.674. The zero-order chi connectivity index (χ0) is 21.5. The van der Waals surface area contributed by atoms with Crippen molar-refractivity contribution < 1.29 is 14.4 Å². The summed E-state index contributed by atoms with van der Waals surface area (Å²) in [5.74, 6) is -0.370. The highest BCUT2D eigenvalue weighted by Gasteiger charge is 2.50. The highest BCUT2D eigenvalue weighted by molar-refractivity contribution is 6.42. The van der Waals surface area contributed by atoms with Crippen molar-refractivity contribution in [3.8, 4) is 0 Å². The van der Waals surface area contributed by atoms with E-state index in [0.29, 0.717) is 47.6 Å². The Morgan fingerprint density at radius 2 is 1.70 bits per heavy atom. The van der Waals surface area contributed by atoms with Gasteiger partial charge >= 0.3 is 0 Å². The highest BCUT2D eigenvalue weighted by Crippen LogP contribution is 2.46. The Kier molecular flexibility index (Phi) is 6.11. The van der Waals surface area contributed by atoms with Gasteiger partial charge in [0, 0.05) is 0 Å². The fourth-order valence-electron chi connectivity index (χ4n) is 5.54. The molecule has 3 amide bonds. The maximum absolute atomic E-state index is 13.1. The van der Waals surface area contributed by atoms with Crippen LogP contribution in [-0.4, -0.2) is 41.8 Å². The summed E-state index contributed by atoms with van der Waals surface area (Å²) in [6.45, 7) is 1.19. The number of carbonyl (C=O) groups is 3. The zero-order valence-electron chi connectivity index (χ0n) is 16.9. The number of anilines is 1. The molecular weight excluding hydrogens is 425 g/mol. The molecule has 30 heavy (non-hydrogen) atoms. The van der Waals surface area contributed by atoms with Crippen LogP contribution < -0.4 is 10.6 Å². The molecule has 1 aliphatic carbocycles. The zero-order valence-corrected chi connectivity index (χ0v) is 18.4. The molecule has 1 saturated carbocycles. The van der Waals surface area contributed by atoms with E-state index < -0.39 is 11.5 Å². The molecule has 3 fully saturated rings. The molecule has 162 valence electrons. The Morgan fingerprint density at radius 3 is 2.30 bits per heavy atom. The van der Waals surface area contributed by atoms with E-state index in [1.807, 2.05) is 4.90 Å². The molecule has 0 bridgehead atoms. The van der Waals surface area contributed by atoms with Crippen molar-refractivity contribution in [2.75, 3.05) is 18.0 Å². The van der Waals surface area contributed by atoms with E-state index in [-0.39, 0.29) is 24.1 Å². The fraction of sp³-hybridized carbons (Fsp3) is 0.591. The number of nitrogens with two attached hydrogens (primary N) is 1. The average Bonchev–Trinajstić information content (AvgIpc) is 3.04. The van der Waals surface area contributed by atoms with Gasteiger partial charge in [0.15, 0.2) is 0 Å². The molecule has 1 unspecified atom stereocenters. The number of nitrogens with zero attached hydrogens (tertiary/aromatic N) is 2. The monoisotopic (exact) mass is 451 g/mol. The largest absolute Gasteiger partial charge is 0.369 e. The predicted molar refractivity (Wildman–Crippen MR) is 116 cm³/mol. The lowest BCUT2D eigenvalue weighted by atomic mass is 9.63. The molecule has 1 aromatic rings. The van der Waals surface area contributed by atoms with Gasteiger partial charge in [0.2, 0.25) is 11.8 Å². The van der Waals surface area contributed by atoms with Crippen molar-refractivity contribution in [3.63, 3.8) is 0 Å². The van der Waals surface area contributed by atoms with Crippen LogP contribution in [0.2, 0.25) is 10.0 Å². The Bertz CT molecular complexity index is 861. The van der Waals surface area contributed by atoms with Crippen LogP contribution in [0.15, 0.2) is 18.2 Å². The van der Waals surface area contributed by atoms with E-state index in [1.54, 1.807) is 18.2 Å². The number of hydrogen-bond acceptors (Lipinski definition) is 4. The van der Waals surface area contributed by atoms with Crippen LogP contribution in [-0.2, 0) is 14.4 Å². The molecule has 0 spiro atoms. The molecule has 2 aliphatic heterocycles.